The molecule has 128 valence electrons. The van der Waals surface area contributed by atoms with E-state index in [-0.39, 0.29) is 42.8 Å². The zero-order valence-corrected chi connectivity index (χ0v) is 17.9. The Bertz CT molecular complexity index is 265. The van der Waals surface area contributed by atoms with Crippen LogP contribution in [0.2, 0.25) is 0 Å². The number of phosphoric ester groups is 1. The average Bonchev–Trinajstić information content (AvgIpc) is 2.45. The molecule has 0 saturated heterocycles. The fourth-order valence-corrected chi connectivity index (χ4v) is 2.93. The number of hydrogen-bond acceptors (Lipinski definition) is 4. The van der Waals surface area contributed by atoms with E-state index in [0.29, 0.717) is 0 Å². The van der Waals surface area contributed by atoms with Gasteiger partial charge in [-0.3, -0.25) is 4.57 Å². The van der Waals surface area contributed by atoms with Gasteiger partial charge >= 0.3 is 29.6 Å². The van der Waals surface area contributed by atoms with Crippen molar-refractivity contribution in [3.8, 4) is 0 Å². The Labute approximate surface area is 159 Å². The van der Waals surface area contributed by atoms with Crippen LogP contribution >= 0.6 is 7.82 Å². The SMILES string of the molecule is CCCCCCCCCCOP(=O)([O-])OCCCCCC.[Na+]. The van der Waals surface area contributed by atoms with E-state index in [2.05, 4.69) is 13.8 Å². The van der Waals surface area contributed by atoms with Crippen molar-refractivity contribution in [2.75, 3.05) is 13.2 Å². The van der Waals surface area contributed by atoms with Crippen LogP contribution in [0.1, 0.15) is 90.9 Å². The van der Waals surface area contributed by atoms with E-state index in [0.717, 1.165) is 44.9 Å². The minimum absolute atomic E-state index is 0. The summed E-state index contributed by atoms with van der Waals surface area (Å²) in [5.74, 6) is 0. The monoisotopic (exact) mass is 344 g/mol. The summed E-state index contributed by atoms with van der Waals surface area (Å²) in [6.45, 7) is 4.83. The molecule has 0 aromatic rings. The summed E-state index contributed by atoms with van der Waals surface area (Å²) < 4.78 is 21.1. The van der Waals surface area contributed by atoms with Gasteiger partial charge in [0.1, 0.15) is 0 Å². The van der Waals surface area contributed by atoms with E-state index in [4.69, 9.17) is 9.05 Å². The fraction of sp³-hybridized carbons (Fsp3) is 1.00. The van der Waals surface area contributed by atoms with Crippen molar-refractivity contribution in [1.29, 1.82) is 0 Å². The van der Waals surface area contributed by atoms with Gasteiger partial charge < -0.3 is 13.9 Å². The van der Waals surface area contributed by atoms with Crippen molar-refractivity contribution >= 4 is 7.82 Å². The molecule has 0 amide bonds. The Morgan fingerprint density at radius 1 is 0.682 bits per heavy atom. The van der Waals surface area contributed by atoms with Crippen LogP contribution in [0, 0.1) is 0 Å². The van der Waals surface area contributed by atoms with Gasteiger partial charge in [0.15, 0.2) is 0 Å². The topological polar surface area (TPSA) is 58.6 Å². The quantitative estimate of drug-likeness (QED) is 0.245. The van der Waals surface area contributed by atoms with Crippen molar-refractivity contribution in [2.24, 2.45) is 0 Å². The van der Waals surface area contributed by atoms with Crippen LogP contribution in [-0.2, 0) is 13.6 Å². The Morgan fingerprint density at radius 2 is 1.00 bits per heavy atom. The maximum absolute atomic E-state index is 11.5. The van der Waals surface area contributed by atoms with Crippen LogP contribution in [0.3, 0.4) is 0 Å². The van der Waals surface area contributed by atoms with E-state index in [1.165, 1.54) is 32.1 Å². The third-order valence-electron chi connectivity index (χ3n) is 3.49. The van der Waals surface area contributed by atoms with Crippen molar-refractivity contribution in [3.05, 3.63) is 0 Å². The molecule has 0 aromatic carbocycles. The van der Waals surface area contributed by atoms with Crippen LogP contribution < -0.4 is 34.5 Å². The van der Waals surface area contributed by atoms with Gasteiger partial charge in [-0.15, -0.1) is 0 Å². The number of unbranched alkanes of at least 4 members (excludes halogenated alkanes) is 10. The summed E-state index contributed by atoms with van der Waals surface area (Å²) in [7, 11) is -4.06. The second-order valence-corrected chi connectivity index (χ2v) is 7.06. The average molecular weight is 344 g/mol. The summed E-state index contributed by atoms with van der Waals surface area (Å²) in [5.41, 5.74) is 0. The molecule has 6 heteroatoms. The summed E-state index contributed by atoms with van der Waals surface area (Å²) in [6.07, 6.45) is 13.4. The van der Waals surface area contributed by atoms with Gasteiger partial charge in [0.2, 0.25) is 0 Å². The molecule has 0 N–H and O–H groups in total. The first-order valence-corrected chi connectivity index (χ1v) is 10.2. The van der Waals surface area contributed by atoms with Crippen LogP contribution in [0.4, 0.5) is 0 Å². The third-order valence-corrected chi connectivity index (χ3v) is 4.49. The molecule has 22 heavy (non-hydrogen) atoms. The molecular weight excluding hydrogens is 310 g/mol. The maximum Gasteiger partial charge on any atom is 1.00 e. The van der Waals surface area contributed by atoms with Gasteiger partial charge in [-0.1, -0.05) is 78.1 Å². The van der Waals surface area contributed by atoms with Gasteiger partial charge in [0.25, 0.3) is 7.82 Å². The molecule has 0 radical (unpaired) electrons. The Balaban J connectivity index is 0. The van der Waals surface area contributed by atoms with E-state index >= 15 is 0 Å². The minimum atomic E-state index is -4.06. The third kappa shape index (κ3) is 19.2. The first kappa shape index (κ1) is 25.4. The van der Waals surface area contributed by atoms with E-state index in [9.17, 15) is 9.46 Å². The normalized spacial score (nSPS) is 13.6. The van der Waals surface area contributed by atoms with Crippen LogP contribution in [0.5, 0.6) is 0 Å². The summed E-state index contributed by atoms with van der Waals surface area (Å²) >= 11 is 0. The number of rotatable bonds is 16. The molecule has 0 spiro atoms. The first-order valence-electron chi connectivity index (χ1n) is 8.72. The summed E-state index contributed by atoms with van der Waals surface area (Å²) in [4.78, 5) is 11.5. The van der Waals surface area contributed by atoms with Crippen molar-refractivity contribution in [2.45, 2.75) is 90.9 Å². The summed E-state index contributed by atoms with van der Waals surface area (Å²) in [5, 5.41) is 0. The predicted octanol–water partition coefficient (Wildman–Crippen LogP) is 2.21. The standard InChI is InChI=1S/C16H35O4P.Na/c1-3-5-7-9-10-11-12-14-16-20-21(17,18)19-15-13-8-6-4-2;/h3-16H2,1-2H3,(H,17,18);/q;+1/p-1. The largest absolute Gasteiger partial charge is 1.00 e. The minimum Gasteiger partial charge on any atom is -0.756 e. The number of phosphoric acid groups is 1. The molecule has 0 heterocycles. The van der Waals surface area contributed by atoms with Gasteiger partial charge in [-0.2, -0.15) is 0 Å². The molecule has 0 aliphatic heterocycles. The molecule has 0 aliphatic rings. The second-order valence-electron chi connectivity index (χ2n) is 5.65. The van der Waals surface area contributed by atoms with E-state index in [1.807, 2.05) is 0 Å². The Hall–Kier alpha value is 1.11. The first-order chi connectivity index (χ1) is 10.1. The smallest absolute Gasteiger partial charge is 0.756 e. The van der Waals surface area contributed by atoms with Gasteiger partial charge in [0, 0.05) is 0 Å². The molecule has 0 rings (SSSR count). The van der Waals surface area contributed by atoms with E-state index in [1.54, 1.807) is 0 Å². The Morgan fingerprint density at radius 3 is 1.41 bits per heavy atom. The van der Waals surface area contributed by atoms with Crippen LogP contribution in [0.15, 0.2) is 0 Å². The molecule has 0 aliphatic carbocycles. The Kier molecular flexibility index (Phi) is 21.3. The number of hydrogen-bond donors (Lipinski definition) is 0. The zero-order chi connectivity index (χ0) is 15.8. The molecule has 1 atom stereocenters. The maximum atomic E-state index is 11.5. The van der Waals surface area contributed by atoms with Crippen molar-refractivity contribution in [3.63, 3.8) is 0 Å². The van der Waals surface area contributed by atoms with Gasteiger partial charge in [0.05, 0.1) is 13.2 Å². The predicted molar refractivity (Wildman–Crippen MR) is 86.3 cm³/mol. The molecule has 0 aromatic heterocycles. The molecule has 0 bridgehead atoms. The second kappa shape index (κ2) is 18.4. The molecular formula is C16H34NaO4P. The molecule has 0 fully saturated rings. The summed E-state index contributed by atoms with van der Waals surface area (Å²) in [6, 6.07) is 0. The molecule has 1 unspecified atom stereocenters. The van der Waals surface area contributed by atoms with Gasteiger partial charge in [-0.05, 0) is 12.8 Å². The van der Waals surface area contributed by atoms with Crippen LogP contribution in [-0.4, -0.2) is 13.2 Å². The van der Waals surface area contributed by atoms with Crippen molar-refractivity contribution in [1.82, 2.24) is 0 Å². The van der Waals surface area contributed by atoms with Gasteiger partial charge in [-0.25, -0.2) is 0 Å². The van der Waals surface area contributed by atoms with E-state index < -0.39 is 7.82 Å². The fourth-order valence-electron chi connectivity index (χ4n) is 2.15. The molecule has 0 saturated carbocycles. The van der Waals surface area contributed by atoms with Crippen molar-refractivity contribution < 1.29 is 48.1 Å². The molecule has 4 nitrogen and oxygen atoms in total. The zero-order valence-electron chi connectivity index (χ0n) is 15.0. The van der Waals surface area contributed by atoms with Crippen LogP contribution in [0.25, 0.3) is 0 Å².